The van der Waals surface area contributed by atoms with Crippen molar-refractivity contribution in [2.75, 3.05) is 0 Å². The maximum atomic E-state index is 13.2. The molecule has 0 aliphatic heterocycles. The third kappa shape index (κ3) is 4.62. The number of hydrogen-bond acceptors (Lipinski definition) is 4. The lowest BCUT2D eigenvalue weighted by Crippen LogP contribution is -2.47. The number of rotatable bonds is 6. The van der Waals surface area contributed by atoms with E-state index in [1.165, 1.54) is 6.92 Å². The number of amides is 1. The monoisotopic (exact) mass is 406 g/mol. The molecule has 0 saturated heterocycles. The summed E-state index contributed by atoms with van der Waals surface area (Å²) in [6.45, 7) is 1.43. The first-order valence-electron chi connectivity index (χ1n) is 8.18. The van der Waals surface area contributed by atoms with Crippen LogP contribution in [0.4, 0.5) is 8.78 Å². The van der Waals surface area contributed by atoms with E-state index in [-0.39, 0.29) is 0 Å². The van der Waals surface area contributed by atoms with Gasteiger partial charge >= 0.3 is 0 Å². The van der Waals surface area contributed by atoms with Crippen molar-refractivity contribution in [2.45, 2.75) is 17.9 Å². The summed E-state index contributed by atoms with van der Waals surface area (Å²) in [5.41, 5.74) is 1.97. The zero-order chi connectivity index (χ0) is 20.3. The van der Waals surface area contributed by atoms with Gasteiger partial charge in [-0.2, -0.15) is 0 Å². The number of nitrogens with one attached hydrogen (secondary N) is 2. The van der Waals surface area contributed by atoms with Gasteiger partial charge < -0.3 is 4.74 Å². The van der Waals surface area contributed by atoms with Crippen molar-refractivity contribution in [3.63, 3.8) is 0 Å². The van der Waals surface area contributed by atoms with Crippen LogP contribution in [0.3, 0.4) is 0 Å². The van der Waals surface area contributed by atoms with Gasteiger partial charge in [-0.15, -0.1) is 4.83 Å². The summed E-state index contributed by atoms with van der Waals surface area (Å²) >= 11 is 0. The third-order valence-corrected chi connectivity index (χ3v) is 5.09. The number of halogens is 2. The molecular formula is C19H16F2N2O4S. The Morgan fingerprint density at radius 2 is 1.61 bits per heavy atom. The Kier molecular flexibility index (Phi) is 5.57. The van der Waals surface area contributed by atoms with Crippen LogP contribution in [0.1, 0.15) is 6.92 Å². The largest absolute Gasteiger partial charge is 0.481 e. The molecule has 0 saturated carbocycles. The summed E-state index contributed by atoms with van der Waals surface area (Å²) in [6, 6.07) is 14.7. The first kappa shape index (κ1) is 19.7. The lowest BCUT2D eigenvalue weighted by atomic mass is 10.1. The van der Waals surface area contributed by atoms with Crippen LogP contribution >= 0.6 is 0 Å². The number of hydrogen-bond donors (Lipinski definition) is 2. The molecule has 1 atom stereocenters. The summed E-state index contributed by atoms with van der Waals surface area (Å²) in [6.07, 6.45) is -1.03. The minimum absolute atomic E-state index is 0.427. The molecule has 0 spiro atoms. The Morgan fingerprint density at radius 1 is 0.964 bits per heavy atom. The fraction of sp³-hybridized carbons (Fsp3) is 0.105. The SMILES string of the molecule is C[C@H](Oc1ccc2ccccc2c1)C(=O)NNS(=O)(=O)c1cc(F)cc(F)c1. The Balaban J connectivity index is 1.64. The van der Waals surface area contributed by atoms with Crippen LogP contribution in [0.5, 0.6) is 5.75 Å². The molecule has 3 rings (SSSR count). The molecule has 0 heterocycles. The summed E-state index contributed by atoms with van der Waals surface area (Å²) in [7, 11) is -4.35. The second-order valence-electron chi connectivity index (χ2n) is 5.97. The van der Waals surface area contributed by atoms with E-state index in [0.29, 0.717) is 23.9 Å². The Bertz CT molecular complexity index is 1120. The second kappa shape index (κ2) is 7.91. The van der Waals surface area contributed by atoms with E-state index < -0.39 is 38.6 Å². The van der Waals surface area contributed by atoms with Crippen LogP contribution in [-0.2, 0) is 14.8 Å². The van der Waals surface area contributed by atoms with E-state index in [0.717, 1.165) is 10.8 Å². The average molecular weight is 406 g/mol. The van der Waals surface area contributed by atoms with Crippen molar-refractivity contribution in [3.05, 3.63) is 72.3 Å². The molecule has 0 aliphatic carbocycles. The van der Waals surface area contributed by atoms with Crippen molar-refractivity contribution < 1.29 is 26.7 Å². The molecule has 2 N–H and O–H groups in total. The Hall–Kier alpha value is -3.04. The third-order valence-electron chi connectivity index (χ3n) is 3.86. The van der Waals surface area contributed by atoms with Crippen molar-refractivity contribution in [2.24, 2.45) is 0 Å². The van der Waals surface area contributed by atoms with Crippen LogP contribution < -0.4 is 15.0 Å². The molecule has 28 heavy (non-hydrogen) atoms. The number of sulfonamides is 1. The van der Waals surface area contributed by atoms with Gasteiger partial charge in [-0.05, 0) is 42.0 Å². The van der Waals surface area contributed by atoms with Crippen LogP contribution in [0.15, 0.2) is 65.6 Å². The molecule has 3 aromatic carbocycles. The highest BCUT2D eigenvalue weighted by atomic mass is 32.2. The highest BCUT2D eigenvalue weighted by Crippen LogP contribution is 2.21. The molecule has 0 unspecified atom stereocenters. The summed E-state index contributed by atoms with van der Waals surface area (Å²) < 4.78 is 56.1. The van der Waals surface area contributed by atoms with Crippen molar-refractivity contribution in [1.82, 2.24) is 10.3 Å². The van der Waals surface area contributed by atoms with E-state index in [4.69, 9.17) is 4.74 Å². The smallest absolute Gasteiger partial charge is 0.275 e. The summed E-state index contributed by atoms with van der Waals surface area (Å²) in [5, 5.41) is 1.92. The van der Waals surface area contributed by atoms with E-state index in [1.54, 1.807) is 17.0 Å². The van der Waals surface area contributed by atoms with Gasteiger partial charge in [0, 0.05) is 6.07 Å². The maximum Gasteiger partial charge on any atom is 0.275 e. The van der Waals surface area contributed by atoms with Crippen molar-refractivity contribution in [3.8, 4) is 5.75 Å². The van der Waals surface area contributed by atoms with Gasteiger partial charge in [0.1, 0.15) is 17.4 Å². The summed E-state index contributed by atoms with van der Waals surface area (Å²) in [4.78, 5) is 13.2. The molecule has 6 nitrogen and oxygen atoms in total. The van der Waals surface area contributed by atoms with Gasteiger partial charge in [-0.3, -0.25) is 10.2 Å². The Morgan fingerprint density at radius 3 is 2.29 bits per heavy atom. The standard InChI is InChI=1S/C19H16F2N2O4S/c1-12(27-17-7-6-13-4-2-3-5-14(13)8-17)19(24)22-23-28(25,26)18-10-15(20)9-16(21)11-18/h2-12,23H,1H3,(H,22,24)/t12-/m0/s1. The van der Waals surface area contributed by atoms with E-state index in [2.05, 4.69) is 0 Å². The van der Waals surface area contributed by atoms with Crippen molar-refractivity contribution >= 4 is 26.7 Å². The lowest BCUT2D eigenvalue weighted by Gasteiger charge is -2.15. The normalized spacial score (nSPS) is 12.5. The number of ether oxygens (including phenoxy) is 1. The molecule has 0 radical (unpaired) electrons. The van der Waals surface area contributed by atoms with E-state index in [9.17, 15) is 22.0 Å². The van der Waals surface area contributed by atoms with E-state index >= 15 is 0 Å². The van der Waals surface area contributed by atoms with Crippen LogP contribution in [0, 0.1) is 11.6 Å². The second-order valence-corrected chi connectivity index (χ2v) is 7.65. The number of hydrazine groups is 1. The maximum absolute atomic E-state index is 13.2. The number of carbonyl (C=O) groups excluding carboxylic acids is 1. The van der Waals surface area contributed by atoms with Gasteiger partial charge in [0.05, 0.1) is 4.90 Å². The van der Waals surface area contributed by atoms with Crippen LogP contribution in [0.2, 0.25) is 0 Å². The molecule has 9 heteroatoms. The first-order valence-corrected chi connectivity index (χ1v) is 9.66. The van der Waals surface area contributed by atoms with Gasteiger partial charge in [-0.1, -0.05) is 30.3 Å². The zero-order valence-corrected chi connectivity index (χ0v) is 15.5. The van der Waals surface area contributed by atoms with Gasteiger partial charge in [-0.25, -0.2) is 17.2 Å². The predicted molar refractivity (Wildman–Crippen MR) is 98.9 cm³/mol. The number of benzene rings is 3. The predicted octanol–water partition coefficient (Wildman–Crippen LogP) is 2.90. The lowest BCUT2D eigenvalue weighted by molar-refractivity contribution is -0.127. The minimum Gasteiger partial charge on any atom is -0.481 e. The highest BCUT2D eigenvalue weighted by molar-refractivity contribution is 7.89. The number of fused-ring (bicyclic) bond motifs is 1. The molecule has 0 aliphatic rings. The molecule has 0 bridgehead atoms. The molecule has 3 aromatic rings. The molecule has 146 valence electrons. The van der Waals surface area contributed by atoms with Gasteiger partial charge in [0.2, 0.25) is 0 Å². The fourth-order valence-corrected chi connectivity index (χ4v) is 3.35. The van der Waals surface area contributed by atoms with Crippen LogP contribution in [-0.4, -0.2) is 20.4 Å². The molecular weight excluding hydrogens is 390 g/mol. The minimum atomic E-state index is -4.35. The molecule has 0 aromatic heterocycles. The van der Waals surface area contributed by atoms with Gasteiger partial charge in [0.15, 0.2) is 6.10 Å². The fourth-order valence-electron chi connectivity index (χ4n) is 2.46. The average Bonchev–Trinajstić information content (AvgIpc) is 2.65. The molecule has 1 amide bonds. The van der Waals surface area contributed by atoms with Crippen molar-refractivity contribution in [1.29, 1.82) is 0 Å². The van der Waals surface area contributed by atoms with Crippen LogP contribution in [0.25, 0.3) is 10.8 Å². The molecule has 0 fully saturated rings. The topological polar surface area (TPSA) is 84.5 Å². The highest BCUT2D eigenvalue weighted by Gasteiger charge is 2.20. The van der Waals surface area contributed by atoms with E-state index in [1.807, 2.05) is 35.8 Å². The van der Waals surface area contributed by atoms with Gasteiger partial charge in [0.25, 0.3) is 15.9 Å². The first-order chi connectivity index (χ1) is 13.2. The Labute approximate surface area is 160 Å². The quantitative estimate of drug-likeness (QED) is 0.617. The zero-order valence-electron chi connectivity index (χ0n) is 14.6. The summed E-state index contributed by atoms with van der Waals surface area (Å²) in [5.74, 6) is -2.47. The number of carbonyl (C=O) groups is 1.